The number of hydrogen-bond acceptors (Lipinski definition) is 10. The molecule has 0 aliphatic heterocycles. The molecule has 0 atom stereocenters. The highest BCUT2D eigenvalue weighted by Gasteiger charge is 2.30. The van der Waals surface area contributed by atoms with Crippen molar-refractivity contribution in [3.05, 3.63) is 39.9 Å². The fourth-order valence-electron chi connectivity index (χ4n) is 2.37. The van der Waals surface area contributed by atoms with Gasteiger partial charge in [-0.05, 0) is 44.9 Å². The van der Waals surface area contributed by atoms with Crippen molar-refractivity contribution in [1.29, 1.82) is 0 Å². The molecule has 0 radical (unpaired) electrons. The van der Waals surface area contributed by atoms with Crippen molar-refractivity contribution in [3.8, 4) is 0 Å². The average Bonchev–Trinajstić information content (AvgIpc) is 3.23. The molecule has 2 N–H and O–H groups in total. The Morgan fingerprint density at radius 3 is 2.16 bits per heavy atom. The first-order valence-corrected chi connectivity index (χ1v) is 6.71. The number of fused-ring (bicyclic) bond motifs is 3. The number of carboxylic acids is 1. The molecular formula is C13H6N6O6. The molecule has 4 rings (SSSR count). The second-order valence-corrected chi connectivity index (χ2v) is 4.91. The minimum absolute atomic E-state index is 0.0208. The van der Waals surface area contributed by atoms with Gasteiger partial charge in [0.05, 0.1) is 10.5 Å². The SMILES string of the molecule is O=C(O)c1ccc(Nc2c([N+](=O)[O-])c3nonc3c3nonc23)cc1. The Bertz CT molecular complexity index is 1130. The van der Waals surface area contributed by atoms with E-state index in [9.17, 15) is 14.9 Å². The Labute approximate surface area is 136 Å². The third-order valence-corrected chi connectivity index (χ3v) is 3.48. The maximum Gasteiger partial charge on any atom is 0.335 e. The Hall–Kier alpha value is -4.09. The Balaban J connectivity index is 1.92. The van der Waals surface area contributed by atoms with E-state index in [0.29, 0.717) is 5.69 Å². The highest BCUT2D eigenvalue weighted by atomic mass is 16.6. The summed E-state index contributed by atoms with van der Waals surface area (Å²) < 4.78 is 9.23. The molecule has 25 heavy (non-hydrogen) atoms. The summed E-state index contributed by atoms with van der Waals surface area (Å²) in [6, 6.07) is 5.62. The zero-order chi connectivity index (χ0) is 17.6. The number of rotatable bonds is 4. The number of carbonyl (C=O) groups is 1. The molecule has 0 aliphatic carbocycles. The molecule has 0 bridgehead atoms. The van der Waals surface area contributed by atoms with Crippen LogP contribution in [0.3, 0.4) is 0 Å². The molecule has 0 fully saturated rings. The molecule has 0 saturated carbocycles. The lowest BCUT2D eigenvalue weighted by Gasteiger charge is -2.07. The average molecular weight is 342 g/mol. The maximum atomic E-state index is 11.5. The third kappa shape index (κ3) is 2.20. The number of anilines is 2. The summed E-state index contributed by atoms with van der Waals surface area (Å²) in [6.45, 7) is 0. The first-order chi connectivity index (χ1) is 12.1. The summed E-state index contributed by atoms with van der Waals surface area (Å²) in [4.78, 5) is 21.8. The molecule has 0 saturated heterocycles. The van der Waals surface area contributed by atoms with Crippen molar-refractivity contribution < 1.29 is 24.1 Å². The molecule has 2 heterocycles. The minimum Gasteiger partial charge on any atom is -0.478 e. The smallest absolute Gasteiger partial charge is 0.335 e. The van der Waals surface area contributed by atoms with E-state index in [1.54, 1.807) is 0 Å². The van der Waals surface area contributed by atoms with Gasteiger partial charge < -0.3 is 10.4 Å². The van der Waals surface area contributed by atoms with Crippen LogP contribution in [-0.4, -0.2) is 36.6 Å². The number of nitrogens with one attached hydrogen (secondary N) is 1. The van der Waals surface area contributed by atoms with Crippen LogP contribution in [0.25, 0.3) is 22.1 Å². The fourth-order valence-corrected chi connectivity index (χ4v) is 2.37. The molecule has 0 amide bonds. The lowest BCUT2D eigenvalue weighted by Crippen LogP contribution is -2.01. The lowest BCUT2D eigenvalue weighted by atomic mass is 10.1. The monoisotopic (exact) mass is 342 g/mol. The molecule has 124 valence electrons. The van der Waals surface area contributed by atoms with Crippen LogP contribution in [0.15, 0.2) is 33.5 Å². The summed E-state index contributed by atoms with van der Waals surface area (Å²) in [5, 5.41) is 37.8. The minimum atomic E-state index is -1.09. The van der Waals surface area contributed by atoms with Gasteiger partial charge in [0, 0.05) is 5.69 Å². The standard InChI is InChI=1S/C13H6N6O6/c20-13(21)5-1-3-6(4-2-5)14-10-8-7(15-24-16-8)9-11(18-25-17-9)12(10)19(22)23/h1-4,14H,(H,20,21). The zero-order valence-electron chi connectivity index (χ0n) is 12.0. The summed E-state index contributed by atoms with van der Waals surface area (Å²) in [5.41, 5.74) is 0.184. The van der Waals surface area contributed by atoms with Gasteiger partial charge in [-0.1, -0.05) is 0 Å². The van der Waals surface area contributed by atoms with E-state index in [-0.39, 0.29) is 33.3 Å². The highest BCUT2D eigenvalue weighted by molar-refractivity contribution is 6.12. The van der Waals surface area contributed by atoms with E-state index < -0.39 is 16.6 Å². The number of hydrogen-bond donors (Lipinski definition) is 2. The van der Waals surface area contributed by atoms with Crippen molar-refractivity contribution >= 4 is 45.1 Å². The molecule has 2 aromatic carbocycles. The van der Waals surface area contributed by atoms with E-state index in [4.69, 9.17) is 5.11 Å². The predicted molar refractivity (Wildman–Crippen MR) is 80.5 cm³/mol. The van der Waals surface area contributed by atoms with Gasteiger partial charge in [-0.25, -0.2) is 14.1 Å². The lowest BCUT2D eigenvalue weighted by molar-refractivity contribution is -0.382. The molecule has 0 spiro atoms. The first kappa shape index (κ1) is 14.5. The van der Waals surface area contributed by atoms with Gasteiger partial charge >= 0.3 is 11.7 Å². The molecule has 4 aromatic rings. The van der Waals surface area contributed by atoms with Gasteiger partial charge in [-0.3, -0.25) is 10.1 Å². The summed E-state index contributed by atoms with van der Waals surface area (Å²) in [6.07, 6.45) is 0. The number of aromatic nitrogens is 4. The van der Waals surface area contributed by atoms with Crippen molar-refractivity contribution in [3.63, 3.8) is 0 Å². The van der Waals surface area contributed by atoms with Crippen LogP contribution in [0.1, 0.15) is 10.4 Å². The van der Waals surface area contributed by atoms with Gasteiger partial charge in [-0.2, -0.15) is 0 Å². The van der Waals surface area contributed by atoms with Gasteiger partial charge in [-0.15, -0.1) is 0 Å². The van der Waals surface area contributed by atoms with Gasteiger partial charge in [0.1, 0.15) is 0 Å². The predicted octanol–water partition coefficient (Wildman–Crippen LogP) is 2.11. The largest absolute Gasteiger partial charge is 0.478 e. The van der Waals surface area contributed by atoms with Gasteiger partial charge in [0.15, 0.2) is 22.2 Å². The van der Waals surface area contributed by atoms with E-state index >= 15 is 0 Å². The number of aromatic carboxylic acids is 1. The zero-order valence-corrected chi connectivity index (χ0v) is 12.0. The first-order valence-electron chi connectivity index (χ1n) is 6.71. The molecule has 12 heteroatoms. The molecule has 0 unspecified atom stereocenters. The summed E-state index contributed by atoms with van der Waals surface area (Å²) in [5.74, 6) is -1.09. The summed E-state index contributed by atoms with van der Waals surface area (Å²) in [7, 11) is 0. The number of nitrogens with zero attached hydrogens (tertiary/aromatic N) is 5. The summed E-state index contributed by atoms with van der Waals surface area (Å²) >= 11 is 0. The van der Waals surface area contributed by atoms with Crippen molar-refractivity contribution in [2.45, 2.75) is 0 Å². The Kier molecular flexibility index (Phi) is 3.03. The van der Waals surface area contributed by atoms with Crippen LogP contribution in [0, 0.1) is 10.1 Å². The maximum absolute atomic E-state index is 11.5. The Morgan fingerprint density at radius 2 is 1.56 bits per heavy atom. The van der Waals surface area contributed by atoms with Gasteiger partial charge in [0.25, 0.3) is 0 Å². The van der Waals surface area contributed by atoms with E-state index in [0.717, 1.165) is 0 Å². The van der Waals surface area contributed by atoms with Gasteiger partial charge in [0.2, 0.25) is 5.52 Å². The quantitative estimate of drug-likeness (QED) is 0.411. The van der Waals surface area contributed by atoms with E-state index in [1.807, 2.05) is 0 Å². The number of carboxylic acid groups (broad SMARTS) is 1. The second-order valence-electron chi connectivity index (χ2n) is 4.91. The third-order valence-electron chi connectivity index (χ3n) is 3.48. The van der Waals surface area contributed by atoms with Crippen LogP contribution in [-0.2, 0) is 0 Å². The van der Waals surface area contributed by atoms with E-state index in [2.05, 4.69) is 35.2 Å². The van der Waals surface area contributed by atoms with Crippen LogP contribution >= 0.6 is 0 Å². The molecule has 2 aromatic heterocycles. The van der Waals surface area contributed by atoms with Crippen molar-refractivity contribution in [2.75, 3.05) is 5.32 Å². The second kappa shape index (κ2) is 5.23. The van der Waals surface area contributed by atoms with Crippen LogP contribution in [0.2, 0.25) is 0 Å². The van der Waals surface area contributed by atoms with Crippen LogP contribution in [0.4, 0.5) is 17.1 Å². The molecule has 12 nitrogen and oxygen atoms in total. The molecular weight excluding hydrogens is 336 g/mol. The van der Waals surface area contributed by atoms with Crippen molar-refractivity contribution in [1.82, 2.24) is 20.6 Å². The highest BCUT2D eigenvalue weighted by Crippen LogP contribution is 2.39. The number of nitro benzene ring substituents is 1. The topological polar surface area (TPSA) is 170 Å². The van der Waals surface area contributed by atoms with Crippen LogP contribution < -0.4 is 5.32 Å². The van der Waals surface area contributed by atoms with E-state index in [1.165, 1.54) is 24.3 Å². The normalized spacial score (nSPS) is 11.0. The Morgan fingerprint density at radius 1 is 1.00 bits per heavy atom. The van der Waals surface area contributed by atoms with Crippen molar-refractivity contribution in [2.24, 2.45) is 0 Å². The van der Waals surface area contributed by atoms with Crippen LogP contribution in [0.5, 0.6) is 0 Å². The number of nitro groups is 1. The molecule has 0 aliphatic rings. The number of benzene rings is 2. The fraction of sp³-hybridized carbons (Fsp3) is 0.